The van der Waals surface area contributed by atoms with Crippen LogP contribution in [-0.4, -0.2) is 23.7 Å². The van der Waals surface area contributed by atoms with Gasteiger partial charge in [-0.3, -0.25) is 4.79 Å². The Morgan fingerprint density at radius 1 is 1.05 bits per heavy atom. The largest absolute Gasteiger partial charge is 0.460 e. The lowest BCUT2D eigenvalue weighted by molar-refractivity contribution is 0.0916. The molecule has 7 heteroatoms. The first-order valence-electron chi connectivity index (χ1n) is 12.9. The maximum atomic E-state index is 13.1. The Hall–Kier alpha value is -3.89. The van der Waals surface area contributed by atoms with Crippen molar-refractivity contribution in [1.29, 1.82) is 5.26 Å². The minimum Gasteiger partial charge on any atom is -0.460 e. The van der Waals surface area contributed by atoms with Crippen LogP contribution in [0.5, 0.6) is 0 Å². The maximum absolute atomic E-state index is 13.1. The predicted octanol–water partition coefficient (Wildman–Crippen LogP) is 6.27. The van der Waals surface area contributed by atoms with Crippen molar-refractivity contribution >= 4 is 17.5 Å². The summed E-state index contributed by atoms with van der Waals surface area (Å²) in [5.41, 5.74) is 5.83. The Morgan fingerprint density at radius 3 is 2.51 bits per heavy atom. The summed E-state index contributed by atoms with van der Waals surface area (Å²) in [6, 6.07) is 24.7. The van der Waals surface area contributed by atoms with Crippen LogP contribution in [0.1, 0.15) is 56.9 Å². The van der Waals surface area contributed by atoms with Crippen LogP contribution in [0.4, 0.5) is 0 Å². The lowest BCUT2D eigenvalue weighted by atomic mass is 10.0. The van der Waals surface area contributed by atoms with Crippen LogP contribution >= 0.6 is 11.6 Å². The summed E-state index contributed by atoms with van der Waals surface area (Å²) in [5, 5.41) is 25.7. The van der Waals surface area contributed by atoms with Crippen LogP contribution in [0.25, 0.3) is 11.3 Å². The van der Waals surface area contributed by atoms with Gasteiger partial charge in [0.15, 0.2) is 0 Å². The van der Waals surface area contributed by atoms with E-state index in [4.69, 9.17) is 21.3 Å². The number of furan rings is 1. The number of rotatable bonds is 10. The topological polar surface area (TPSA) is 98.3 Å². The average molecular weight is 542 g/mol. The average Bonchev–Trinajstić information content (AvgIpc) is 3.41. The van der Waals surface area contributed by atoms with Gasteiger partial charge in [0.2, 0.25) is 0 Å². The predicted molar refractivity (Wildman–Crippen MR) is 154 cm³/mol. The number of halogens is 1. The summed E-state index contributed by atoms with van der Waals surface area (Å²) >= 11 is 6.38. The Morgan fingerprint density at radius 2 is 1.82 bits per heavy atom. The molecule has 1 aromatic heterocycles. The first-order chi connectivity index (χ1) is 18.8. The molecule has 3 N–H and O–H groups in total. The third-order valence-corrected chi connectivity index (χ3v) is 7.10. The van der Waals surface area contributed by atoms with E-state index in [1.807, 2.05) is 37.3 Å². The van der Waals surface area contributed by atoms with E-state index in [0.717, 1.165) is 22.5 Å². The molecule has 200 valence electrons. The van der Waals surface area contributed by atoms with E-state index in [1.54, 1.807) is 18.2 Å². The molecule has 3 aromatic carbocycles. The molecular weight excluding hydrogens is 510 g/mol. The molecule has 1 heterocycles. The fourth-order valence-electron chi connectivity index (χ4n) is 4.39. The normalized spacial score (nSPS) is 12.5. The van der Waals surface area contributed by atoms with E-state index < -0.39 is 6.04 Å². The summed E-state index contributed by atoms with van der Waals surface area (Å²) in [5.74, 6) is 1.03. The van der Waals surface area contributed by atoms with Crippen LogP contribution in [0.3, 0.4) is 0 Å². The number of nitriles is 1. The van der Waals surface area contributed by atoms with Crippen LogP contribution < -0.4 is 10.6 Å². The van der Waals surface area contributed by atoms with Gasteiger partial charge in [-0.1, -0.05) is 53.6 Å². The number of carbonyl (C=O) groups excluding carboxylic acids is 1. The highest BCUT2D eigenvalue weighted by atomic mass is 35.5. The second-order valence-corrected chi connectivity index (χ2v) is 10.2. The fraction of sp³-hybridized carbons (Fsp3) is 0.250. The highest BCUT2D eigenvalue weighted by molar-refractivity contribution is 6.34. The van der Waals surface area contributed by atoms with Gasteiger partial charge in [0.1, 0.15) is 11.5 Å². The zero-order chi connectivity index (χ0) is 27.9. The summed E-state index contributed by atoms with van der Waals surface area (Å²) in [7, 11) is 0. The molecule has 0 aliphatic carbocycles. The molecule has 0 saturated heterocycles. The van der Waals surface area contributed by atoms with Crippen LogP contribution in [0.15, 0.2) is 77.2 Å². The van der Waals surface area contributed by atoms with Gasteiger partial charge in [-0.25, -0.2) is 0 Å². The molecule has 0 unspecified atom stereocenters. The molecule has 0 saturated carbocycles. The van der Waals surface area contributed by atoms with Crippen molar-refractivity contribution in [1.82, 2.24) is 10.6 Å². The molecule has 0 spiro atoms. The zero-order valence-corrected chi connectivity index (χ0v) is 23.0. The molecule has 0 aliphatic heterocycles. The number of benzene rings is 3. The number of carbonyl (C=O) groups is 1. The van der Waals surface area contributed by atoms with Crippen molar-refractivity contribution in [2.75, 3.05) is 6.61 Å². The third kappa shape index (κ3) is 7.15. The highest BCUT2D eigenvalue weighted by Crippen LogP contribution is 2.27. The van der Waals surface area contributed by atoms with Crippen LogP contribution in [0, 0.1) is 25.2 Å². The number of aliphatic hydroxyl groups excluding tert-OH is 1. The Kier molecular flexibility index (Phi) is 9.21. The van der Waals surface area contributed by atoms with Crippen LogP contribution in [-0.2, 0) is 13.0 Å². The number of nitrogens with one attached hydrogen (secondary N) is 2. The summed E-state index contributed by atoms with van der Waals surface area (Å²) in [6.45, 7) is 6.36. The zero-order valence-electron chi connectivity index (χ0n) is 22.3. The molecule has 0 aliphatic rings. The Labute approximate surface area is 234 Å². The van der Waals surface area contributed by atoms with Crippen LogP contribution in [0.2, 0.25) is 5.02 Å². The van der Waals surface area contributed by atoms with Gasteiger partial charge >= 0.3 is 0 Å². The van der Waals surface area contributed by atoms with Crippen molar-refractivity contribution in [3.8, 4) is 17.4 Å². The van der Waals surface area contributed by atoms with Crippen molar-refractivity contribution < 1.29 is 14.3 Å². The molecule has 0 radical (unpaired) electrons. The number of hydrogen-bond donors (Lipinski definition) is 3. The number of nitrogens with zero attached hydrogens (tertiary/aromatic N) is 1. The third-order valence-electron chi connectivity index (χ3n) is 6.77. The van der Waals surface area contributed by atoms with Crippen molar-refractivity contribution in [2.45, 2.75) is 45.8 Å². The number of amides is 1. The lowest BCUT2D eigenvalue weighted by Crippen LogP contribution is -2.39. The number of hydrogen-bond acceptors (Lipinski definition) is 5. The van der Waals surface area contributed by atoms with E-state index in [1.165, 1.54) is 11.1 Å². The van der Waals surface area contributed by atoms with Gasteiger partial charge in [0.05, 0.1) is 41.4 Å². The first-order valence-corrected chi connectivity index (χ1v) is 13.2. The van der Waals surface area contributed by atoms with E-state index in [2.05, 4.69) is 54.8 Å². The molecule has 0 fully saturated rings. The van der Waals surface area contributed by atoms with Gasteiger partial charge in [-0.05, 0) is 80.3 Å². The van der Waals surface area contributed by atoms with Gasteiger partial charge in [-0.15, -0.1) is 0 Å². The minimum absolute atomic E-state index is 0.164. The fourth-order valence-corrected chi connectivity index (χ4v) is 4.60. The SMILES string of the molecule is Cc1ccc([C@@H](C)NCc2ccc(-c3ccc(Cl)c(C(=O)N[C@@H](CO)Cc4ccc(C#N)c(C)c4)c3)o2)cc1. The van der Waals surface area contributed by atoms with Crippen molar-refractivity contribution in [3.05, 3.63) is 117 Å². The van der Waals surface area contributed by atoms with Crippen molar-refractivity contribution in [2.24, 2.45) is 0 Å². The highest BCUT2D eigenvalue weighted by Gasteiger charge is 2.18. The molecule has 39 heavy (non-hydrogen) atoms. The maximum Gasteiger partial charge on any atom is 0.253 e. The number of aliphatic hydroxyl groups is 1. The second-order valence-electron chi connectivity index (χ2n) is 9.79. The van der Waals surface area contributed by atoms with Crippen molar-refractivity contribution in [3.63, 3.8) is 0 Å². The Balaban J connectivity index is 1.42. The van der Waals surface area contributed by atoms with E-state index in [0.29, 0.717) is 34.9 Å². The quantitative estimate of drug-likeness (QED) is 0.220. The molecule has 4 rings (SSSR count). The molecule has 4 aromatic rings. The smallest absolute Gasteiger partial charge is 0.253 e. The first kappa shape index (κ1) is 28.1. The second kappa shape index (κ2) is 12.8. The van der Waals surface area contributed by atoms with Gasteiger partial charge in [-0.2, -0.15) is 5.26 Å². The lowest BCUT2D eigenvalue weighted by Gasteiger charge is -2.18. The van der Waals surface area contributed by atoms with Gasteiger partial charge in [0, 0.05) is 11.6 Å². The summed E-state index contributed by atoms with van der Waals surface area (Å²) in [4.78, 5) is 13.1. The Bertz CT molecular complexity index is 1490. The van der Waals surface area contributed by atoms with E-state index >= 15 is 0 Å². The summed E-state index contributed by atoms with van der Waals surface area (Å²) in [6.07, 6.45) is 0.418. The molecule has 6 nitrogen and oxygen atoms in total. The molecular formula is C32H32ClN3O3. The van der Waals surface area contributed by atoms with E-state index in [9.17, 15) is 9.90 Å². The molecule has 1 amide bonds. The standard InChI is InChI=1S/C32H32ClN3O3/c1-20-4-7-24(8-5-20)22(3)35-18-28-11-13-31(39-28)25-10-12-30(33)29(16-25)32(38)36-27(19-37)15-23-6-9-26(17-34)21(2)14-23/h4-14,16,22,27,35,37H,15,18-19H2,1-3H3,(H,36,38)/t22-,27-/m1/s1. The molecule has 2 atom stereocenters. The number of aryl methyl sites for hydroxylation is 2. The monoisotopic (exact) mass is 541 g/mol. The van der Waals surface area contributed by atoms with Gasteiger partial charge < -0.3 is 20.2 Å². The minimum atomic E-state index is -0.513. The molecule has 0 bridgehead atoms. The van der Waals surface area contributed by atoms with E-state index in [-0.39, 0.29) is 18.6 Å². The summed E-state index contributed by atoms with van der Waals surface area (Å²) < 4.78 is 6.06. The van der Waals surface area contributed by atoms with Gasteiger partial charge in [0.25, 0.3) is 5.91 Å².